The summed E-state index contributed by atoms with van der Waals surface area (Å²) in [6, 6.07) is 6.56. The fourth-order valence-corrected chi connectivity index (χ4v) is 1.92. The minimum atomic E-state index is -0.679. The van der Waals surface area contributed by atoms with Gasteiger partial charge < -0.3 is 4.42 Å². The van der Waals surface area contributed by atoms with E-state index in [0.29, 0.717) is 19.1 Å². The summed E-state index contributed by atoms with van der Waals surface area (Å²) in [4.78, 5) is 14.9. The van der Waals surface area contributed by atoms with Crippen LogP contribution in [0.3, 0.4) is 0 Å². The molecule has 0 saturated heterocycles. The van der Waals surface area contributed by atoms with Crippen LogP contribution in [0.5, 0.6) is 0 Å². The topological polar surface area (TPSA) is 42.6 Å². The van der Waals surface area contributed by atoms with E-state index in [1.54, 1.807) is 6.21 Å². The second kappa shape index (κ2) is 6.48. The Morgan fingerprint density at radius 3 is 2.80 bits per heavy atom. The van der Waals surface area contributed by atoms with Gasteiger partial charge in [0.25, 0.3) is 0 Å². The number of aliphatic imine (C=N–C) groups is 1. The van der Waals surface area contributed by atoms with E-state index in [9.17, 15) is 9.18 Å². The van der Waals surface area contributed by atoms with Gasteiger partial charge in [-0.3, -0.25) is 9.79 Å². The van der Waals surface area contributed by atoms with Crippen molar-refractivity contribution < 1.29 is 13.6 Å². The van der Waals surface area contributed by atoms with Gasteiger partial charge in [0.05, 0.1) is 5.02 Å². The third-order valence-corrected chi connectivity index (χ3v) is 3.06. The van der Waals surface area contributed by atoms with E-state index in [0.717, 1.165) is 11.5 Å². The highest BCUT2D eigenvalue weighted by atomic mass is 35.5. The quantitative estimate of drug-likeness (QED) is 0.600. The maximum atomic E-state index is 13.8. The summed E-state index contributed by atoms with van der Waals surface area (Å²) in [7, 11) is 0. The van der Waals surface area contributed by atoms with E-state index in [1.165, 1.54) is 12.1 Å². The molecule has 0 fully saturated rings. The number of carbonyl (C=O) groups is 1. The molecular weight excluding hydrogens is 281 g/mol. The van der Waals surface area contributed by atoms with Crippen LogP contribution in [-0.2, 0) is 6.42 Å². The summed E-state index contributed by atoms with van der Waals surface area (Å²) >= 11 is 5.67. The van der Waals surface area contributed by atoms with Gasteiger partial charge in [-0.15, -0.1) is 0 Å². The van der Waals surface area contributed by atoms with E-state index in [-0.39, 0.29) is 16.3 Å². The average molecular weight is 294 g/mol. The summed E-state index contributed by atoms with van der Waals surface area (Å²) < 4.78 is 19.2. The zero-order valence-electron chi connectivity index (χ0n) is 10.9. The Labute approximate surface area is 121 Å². The fraction of sp³-hybridized carbons (Fsp3) is 0.200. The first-order chi connectivity index (χ1) is 9.61. The summed E-state index contributed by atoms with van der Waals surface area (Å²) in [6.45, 7) is 1.87. The van der Waals surface area contributed by atoms with Crippen molar-refractivity contribution in [3.8, 4) is 0 Å². The highest BCUT2D eigenvalue weighted by Gasteiger charge is 2.10. The molecule has 0 aliphatic carbocycles. The lowest BCUT2D eigenvalue weighted by Gasteiger charge is -2.02. The predicted molar refractivity (Wildman–Crippen MR) is 76.7 cm³/mol. The van der Waals surface area contributed by atoms with Gasteiger partial charge in [-0.1, -0.05) is 11.6 Å². The summed E-state index contributed by atoms with van der Waals surface area (Å²) in [5.74, 6) is 1.01. The number of aldehydes is 1. The largest absolute Gasteiger partial charge is 0.466 e. The molecule has 0 aliphatic rings. The molecule has 3 nitrogen and oxygen atoms in total. The van der Waals surface area contributed by atoms with E-state index in [1.807, 2.05) is 19.1 Å². The monoisotopic (exact) mass is 293 g/mol. The first-order valence-electron chi connectivity index (χ1n) is 6.13. The molecule has 1 aromatic heterocycles. The molecule has 0 atom stereocenters. The molecule has 20 heavy (non-hydrogen) atoms. The van der Waals surface area contributed by atoms with E-state index >= 15 is 0 Å². The first kappa shape index (κ1) is 14.5. The second-order valence-electron chi connectivity index (χ2n) is 4.28. The van der Waals surface area contributed by atoms with Crippen molar-refractivity contribution in [2.24, 2.45) is 4.99 Å². The van der Waals surface area contributed by atoms with Gasteiger partial charge in [0, 0.05) is 18.2 Å². The van der Waals surface area contributed by atoms with Crippen LogP contribution in [0.15, 0.2) is 33.7 Å². The highest BCUT2D eigenvalue weighted by Crippen LogP contribution is 2.28. The Bertz CT molecular complexity index is 649. The van der Waals surface area contributed by atoms with Crippen molar-refractivity contribution in [2.45, 2.75) is 19.8 Å². The summed E-state index contributed by atoms with van der Waals surface area (Å²) in [6.07, 6.45) is 3.36. The lowest BCUT2D eigenvalue weighted by atomic mass is 10.2. The Morgan fingerprint density at radius 2 is 2.15 bits per heavy atom. The highest BCUT2D eigenvalue weighted by molar-refractivity contribution is 6.31. The van der Waals surface area contributed by atoms with Crippen molar-refractivity contribution in [3.05, 3.63) is 52.2 Å². The van der Waals surface area contributed by atoms with Crippen LogP contribution in [0, 0.1) is 12.7 Å². The zero-order chi connectivity index (χ0) is 14.5. The number of nitrogens with zero attached hydrogens (tertiary/aromatic N) is 1. The minimum Gasteiger partial charge on any atom is -0.466 e. The van der Waals surface area contributed by atoms with Crippen LogP contribution < -0.4 is 0 Å². The third-order valence-electron chi connectivity index (χ3n) is 2.76. The van der Waals surface area contributed by atoms with Crippen LogP contribution >= 0.6 is 11.6 Å². The molecule has 0 N–H and O–H groups in total. The van der Waals surface area contributed by atoms with Crippen LogP contribution in [0.1, 0.15) is 28.3 Å². The van der Waals surface area contributed by atoms with Crippen LogP contribution in [-0.4, -0.2) is 12.5 Å². The molecular formula is C15H13ClFNO2. The molecule has 0 aliphatic heterocycles. The molecule has 0 radical (unpaired) electrons. The number of aryl methyl sites for hydroxylation is 2. The molecule has 1 heterocycles. The number of hydrogen-bond acceptors (Lipinski definition) is 3. The summed E-state index contributed by atoms with van der Waals surface area (Å²) in [5.41, 5.74) is 0.153. The van der Waals surface area contributed by atoms with Crippen molar-refractivity contribution in [1.29, 1.82) is 0 Å². The molecule has 104 valence electrons. The minimum absolute atomic E-state index is 0.0249. The number of rotatable bonds is 5. The second-order valence-corrected chi connectivity index (χ2v) is 4.69. The number of hydrogen-bond donors (Lipinski definition) is 0. The Hall–Kier alpha value is -1.94. The predicted octanol–water partition coefficient (Wildman–Crippen LogP) is 4.53. The van der Waals surface area contributed by atoms with Gasteiger partial charge in [0.15, 0.2) is 12.1 Å². The van der Waals surface area contributed by atoms with Crippen LogP contribution in [0.2, 0.25) is 5.02 Å². The van der Waals surface area contributed by atoms with Gasteiger partial charge in [-0.05, 0) is 37.6 Å². The van der Waals surface area contributed by atoms with Crippen molar-refractivity contribution in [1.82, 2.24) is 0 Å². The molecule has 0 unspecified atom stereocenters. The summed E-state index contributed by atoms with van der Waals surface area (Å²) in [5, 5.41) is -0.0515. The Morgan fingerprint density at radius 1 is 1.35 bits per heavy atom. The van der Waals surface area contributed by atoms with E-state index in [4.69, 9.17) is 16.0 Å². The normalized spacial score (nSPS) is 11.2. The Balaban J connectivity index is 2.07. The van der Waals surface area contributed by atoms with Crippen molar-refractivity contribution in [2.75, 3.05) is 0 Å². The van der Waals surface area contributed by atoms with Gasteiger partial charge in [0.2, 0.25) is 0 Å². The molecule has 0 amide bonds. The molecule has 0 spiro atoms. The lowest BCUT2D eigenvalue weighted by Crippen LogP contribution is -1.89. The van der Waals surface area contributed by atoms with Gasteiger partial charge in [0.1, 0.15) is 17.2 Å². The van der Waals surface area contributed by atoms with Crippen LogP contribution in [0.4, 0.5) is 10.1 Å². The molecule has 0 bridgehead atoms. The average Bonchev–Trinajstić information content (AvgIpc) is 2.85. The molecule has 0 saturated carbocycles. The van der Waals surface area contributed by atoms with Gasteiger partial charge in [-0.2, -0.15) is 0 Å². The van der Waals surface area contributed by atoms with E-state index < -0.39 is 5.82 Å². The molecule has 2 rings (SSSR count). The Kier molecular flexibility index (Phi) is 4.69. The lowest BCUT2D eigenvalue weighted by molar-refractivity contribution is 0.112. The van der Waals surface area contributed by atoms with Gasteiger partial charge >= 0.3 is 0 Å². The van der Waals surface area contributed by atoms with Crippen molar-refractivity contribution >= 4 is 29.8 Å². The van der Waals surface area contributed by atoms with Crippen molar-refractivity contribution in [3.63, 3.8) is 0 Å². The van der Waals surface area contributed by atoms with E-state index in [2.05, 4.69) is 4.99 Å². The zero-order valence-corrected chi connectivity index (χ0v) is 11.7. The molecule has 1 aromatic carbocycles. The van der Waals surface area contributed by atoms with Crippen LogP contribution in [0.25, 0.3) is 0 Å². The maximum absolute atomic E-state index is 13.8. The first-order valence-corrected chi connectivity index (χ1v) is 6.50. The smallest absolute Gasteiger partial charge is 0.168 e. The fourth-order valence-electron chi connectivity index (χ4n) is 1.76. The standard InChI is InChI=1S/C15H13ClFNO2/c1-10-4-6-12(20-10)3-2-8-18-15-11(9-19)5-7-13(16)14(15)17/h4-9H,2-3H2,1H3. The third kappa shape index (κ3) is 3.33. The number of furan rings is 1. The SMILES string of the molecule is Cc1ccc(CCC=Nc2c(C=O)ccc(Cl)c2F)o1. The number of halogens is 2. The molecule has 2 aromatic rings. The number of carbonyl (C=O) groups excluding carboxylic acids is 1. The maximum Gasteiger partial charge on any atom is 0.168 e. The number of benzene rings is 1. The van der Waals surface area contributed by atoms with Gasteiger partial charge in [-0.25, -0.2) is 4.39 Å². The molecule has 5 heteroatoms.